The second kappa shape index (κ2) is 5.90. The average Bonchev–Trinajstić information content (AvgIpc) is 2.47. The number of carbonyl (C=O) groups is 1. The molecule has 0 unspecified atom stereocenters. The average molecular weight is 312 g/mol. The Bertz CT molecular complexity index is 663. The van der Waals surface area contributed by atoms with E-state index in [-0.39, 0.29) is 35.2 Å². The normalized spacial score (nSPS) is 17.6. The molecule has 8 heteroatoms. The van der Waals surface area contributed by atoms with Crippen molar-refractivity contribution in [1.82, 2.24) is 4.31 Å². The molecule has 0 spiro atoms. The molecular weight excluding hydrogens is 296 g/mol. The summed E-state index contributed by atoms with van der Waals surface area (Å²) in [7, 11) is -3.77. The molecule has 21 heavy (non-hydrogen) atoms. The Hall–Kier alpha value is -1.80. The molecular formula is C13H16N2O5S. The number of carbonyl (C=O) groups excluding carboxylic acids is 1. The molecule has 2 rings (SSSR count). The van der Waals surface area contributed by atoms with Crippen molar-refractivity contribution in [2.24, 2.45) is 5.92 Å². The van der Waals surface area contributed by atoms with E-state index in [1.807, 2.05) is 0 Å². The number of nitro groups is 1. The van der Waals surface area contributed by atoms with Gasteiger partial charge in [0.1, 0.15) is 6.29 Å². The van der Waals surface area contributed by atoms with Gasteiger partial charge in [-0.25, -0.2) is 8.42 Å². The minimum atomic E-state index is -3.77. The molecule has 1 aliphatic heterocycles. The molecule has 0 radical (unpaired) electrons. The van der Waals surface area contributed by atoms with Crippen LogP contribution in [-0.2, 0) is 14.8 Å². The molecule has 0 saturated carbocycles. The van der Waals surface area contributed by atoms with Crippen LogP contribution in [-0.4, -0.2) is 37.0 Å². The first kappa shape index (κ1) is 15.6. The highest BCUT2D eigenvalue weighted by molar-refractivity contribution is 7.89. The molecule has 0 N–H and O–H groups in total. The Labute approximate surface area is 122 Å². The number of nitro benzene ring substituents is 1. The predicted molar refractivity (Wildman–Crippen MR) is 75.4 cm³/mol. The van der Waals surface area contributed by atoms with E-state index in [1.165, 1.54) is 29.4 Å². The van der Waals surface area contributed by atoms with Crippen LogP contribution in [0.25, 0.3) is 0 Å². The lowest BCUT2D eigenvalue weighted by Gasteiger charge is -2.29. The molecule has 0 amide bonds. The lowest BCUT2D eigenvalue weighted by atomic mass is 10.0. The summed E-state index contributed by atoms with van der Waals surface area (Å²) in [5.74, 6) is -0.109. The zero-order valence-electron chi connectivity index (χ0n) is 11.6. The fourth-order valence-electron chi connectivity index (χ4n) is 2.47. The summed E-state index contributed by atoms with van der Waals surface area (Å²) < 4.78 is 26.5. The van der Waals surface area contributed by atoms with Crippen LogP contribution in [0.15, 0.2) is 23.1 Å². The van der Waals surface area contributed by atoms with Gasteiger partial charge in [0.05, 0.1) is 9.82 Å². The summed E-state index contributed by atoms with van der Waals surface area (Å²) in [6, 6.07) is 4.03. The second-order valence-corrected chi connectivity index (χ2v) is 6.94. The van der Waals surface area contributed by atoms with Crippen molar-refractivity contribution < 1.29 is 18.1 Å². The molecule has 1 heterocycles. The Balaban J connectivity index is 2.35. The van der Waals surface area contributed by atoms with Gasteiger partial charge in [0.2, 0.25) is 10.0 Å². The van der Waals surface area contributed by atoms with Crippen molar-refractivity contribution in [3.8, 4) is 0 Å². The summed E-state index contributed by atoms with van der Waals surface area (Å²) in [5, 5.41) is 10.9. The number of hydrogen-bond donors (Lipinski definition) is 0. The molecule has 1 saturated heterocycles. The molecule has 1 aliphatic rings. The molecule has 1 aromatic carbocycles. The van der Waals surface area contributed by atoms with E-state index in [1.54, 1.807) is 0 Å². The van der Waals surface area contributed by atoms with Gasteiger partial charge in [-0.2, -0.15) is 4.31 Å². The molecule has 0 aliphatic carbocycles. The van der Waals surface area contributed by atoms with Gasteiger partial charge >= 0.3 is 0 Å². The number of piperidine rings is 1. The van der Waals surface area contributed by atoms with Gasteiger partial charge in [0.15, 0.2) is 0 Å². The van der Waals surface area contributed by atoms with Gasteiger partial charge in [-0.05, 0) is 25.8 Å². The third-order valence-corrected chi connectivity index (χ3v) is 5.80. The van der Waals surface area contributed by atoms with Crippen molar-refractivity contribution in [1.29, 1.82) is 0 Å². The van der Waals surface area contributed by atoms with Gasteiger partial charge in [0.25, 0.3) is 5.69 Å². The van der Waals surface area contributed by atoms with E-state index < -0.39 is 14.9 Å². The first-order valence-corrected chi connectivity index (χ1v) is 8.01. The Morgan fingerprint density at radius 2 is 1.95 bits per heavy atom. The summed E-state index contributed by atoms with van der Waals surface area (Å²) in [6.45, 7) is 1.95. The van der Waals surface area contributed by atoms with E-state index in [0.29, 0.717) is 12.8 Å². The van der Waals surface area contributed by atoms with E-state index in [9.17, 15) is 23.3 Å². The van der Waals surface area contributed by atoms with E-state index in [2.05, 4.69) is 0 Å². The maximum Gasteiger partial charge on any atom is 0.273 e. The van der Waals surface area contributed by atoms with Crippen LogP contribution in [0.3, 0.4) is 0 Å². The highest BCUT2D eigenvalue weighted by Gasteiger charge is 2.32. The van der Waals surface area contributed by atoms with Crippen molar-refractivity contribution in [2.45, 2.75) is 24.7 Å². The predicted octanol–water partition coefficient (Wildman–Crippen LogP) is 1.50. The van der Waals surface area contributed by atoms with Gasteiger partial charge in [-0.1, -0.05) is 6.07 Å². The maximum absolute atomic E-state index is 12.6. The van der Waals surface area contributed by atoms with Crippen LogP contribution in [0.1, 0.15) is 18.4 Å². The second-order valence-electron chi connectivity index (χ2n) is 5.03. The van der Waals surface area contributed by atoms with E-state index >= 15 is 0 Å². The summed E-state index contributed by atoms with van der Waals surface area (Å²) in [4.78, 5) is 21.0. The lowest BCUT2D eigenvalue weighted by molar-refractivity contribution is -0.385. The van der Waals surface area contributed by atoms with Crippen molar-refractivity contribution in [3.63, 3.8) is 0 Å². The fourth-order valence-corrected chi connectivity index (χ4v) is 4.18. The molecule has 0 bridgehead atoms. The molecule has 0 atom stereocenters. The van der Waals surface area contributed by atoms with Crippen LogP contribution in [0.4, 0.5) is 5.69 Å². The Morgan fingerprint density at radius 3 is 2.48 bits per heavy atom. The van der Waals surface area contributed by atoms with Crippen molar-refractivity contribution in [2.75, 3.05) is 13.1 Å². The van der Waals surface area contributed by atoms with Gasteiger partial charge in [-0.3, -0.25) is 10.1 Å². The van der Waals surface area contributed by atoms with Crippen LogP contribution >= 0.6 is 0 Å². The number of hydrogen-bond acceptors (Lipinski definition) is 5. The van der Waals surface area contributed by atoms with Crippen LogP contribution in [0.2, 0.25) is 0 Å². The zero-order valence-corrected chi connectivity index (χ0v) is 12.4. The number of aldehydes is 1. The molecule has 7 nitrogen and oxygen atoms in total. The number of rotatable bonds is 4. The van der Waals surface area contributed by atoms with Crippen molar-refractivity contribution >= 4 is 22.0 Å². The van der Waals surface area contributed by atoms with E-state index in [4.69, 9.17) is 0 Å². The Kier molecular flexibility index (Phi) is 4.38. The summed E-state index contributed by atoms with van der Waals surface area (Å²) >= 11 is 0. The molecule has 0 aromatic heterocycles. The number of sulfonamides is 1. The van der Waals surface area contributed by atoms with Gasteiger partial charge < -0.3 is 4.79 Å². The molecule has 114 valence electrons. The van der Waals surface area contributed by atoms with Gasteiger partial charge in [0, 0.05) is 30.6 Å². The quantitative estimate of drug-likeness (QED) is 0.477. The molecule has 1 fully saturated rings. The maximum atomic E-state index is 12.6. The van der Waals surface area contributed by atoms with Crippen molar-refractivity contribution in [3.05, 3.63) is 33.9 Å². The molecule has 1 aromatic rings. The third kappa shape index (κ3) is 2.96. The first-order valence-electron chi connectivity index (χ1n) is 6.57. The fraction of sp³-hybridized carbons (Fsp3) is 0.462. The highest BCUT2D eigenvalue weighted by Crippen LogP contribution is 2.29. The minimum Gasteiger partial charge on any atom is -0.303 e. The standard InChI is InChI=1S/C13H16N2O5S/c1-10-12(15(17)18)3-2-4-13(10)21(19,20)14-7-5-11(9-16)6-8-14/h2-4,9,11H,5-8H2,1H3. The number of nitrogens with zero attached hydrogens (tertiary/aromatic N) is 2. The minimum absolute atomic E-state index is 0.0405. The van der Waals surface area contributed by atoms with Crippen LogP contribution in [0.5, 0.6) is 0 Å². The van der Waals surface area contributed by atoms with E-state index in [0.717, 1.165) is 6.29 Å². The Morgan fingerprint density at radius 1 is 1.33 bits per heavy atom. The summed E-state index contributed by atoms with van der Waals surface area (Å²) in [5.41, 5.74) is -0.0705. The van der Waals surface area contributed by atoms with Gasteiger partial charge in [-0.15, -0.1) is 0 Å². The smallest absolute Gasteiger partial charge is 0.273 e. The SMILES string of the molecule is Cc1c([N+](=O)[O-])cccc1S(=O)(=O)N1CCC(C=O)CC1. The van der Waals surface area contributed by atoms with Crippen LogP contribution < -0.4 is 0 Å². The zero-order chi connectivity index (χ0) is 15.6. The largest absolute Gasteiger partial charge is 0.303 e. The van der Waals surface area contributed by atoms with Crippen LogP contribution in [0, 0.1) is 23.0 Å². The highest BCUT2D eigenvalue weighted by atomic mass is 32.2. The third-order valence-electron chi connectivity index (χ3n) is 3.76. The monoisotopic (exact) mass is 312 g/mol. The first-order chi connectivity index (χ1) is 9.87. The summed E-state index contributed by atoms with van der Waals surface area (Å²) in [6.07, 6.45) is 1.82. The lowest BCUT2D eigenvalue weighted by Crippen LogP contribution is -2.39. The topological polar surface area (TPSA) is 97.6 Å². The number of benzene rings is 1.